The van der Waals surface area contributed by atoms with Gasteiger partial charge in [-0.3, -0.25) is 0 Å². The van der Waals surface area contributed by atoms with Crippen molar-refractivity contribution in [1.29, 1.82) is 0 Å². The zero-order valence-corrected chi connectivity index (χ0v) is 27.7. The second-order valence-corrected chi connectivity index (χ2v) is 11.9. The second kappa shape index (κ2) is 12.5. The largest absolute Gasteiger partial charge is 0.493 e. The average molecular weight is 628 g/mol. The van der Waals surface area contributed by atoms with Crippen LogP contribution in [0.1, 0.15) is 46.6 Å². The van der Waals surface area contributed by atoms with Crippen LogP contribution in [-0.2, 0) is 13.0 Å². The second-order valence-electron chi connectivity index (χ2n) is 11.9. The number of rotatable bonds is 11. The number of ether oxygens (including phenoxy) is 6. The van der Waals surface area contributed by atoms with Gasteiger partial charge in [-0.15, -0.1) is 0 Å². The molecule has 6 rings (SSSR count). The molecule has 1 aliphatic rings. The number of hydrogen-bond donors (Lipinski definition) is 0. The van der Waals surface area contributed by atoms with E-state index < -0.39 is 5.63 Å². The summed E-state index contributed by atoms with van der Waals surface area (Å²) in [5.74, 6) is 3.62. The summed E-state index contributed by atoms with van der Waals surface area (Å²) in [4.78, 5) is 13.9. The summed E-state index contributed by atoms with van der Waals surface area (Å²) in [6, 6.07) is 13.6. The van der Waals surface area contributed by atoms with Gasteiger partial charge >= 0.3 is 5.63 Å². The van der Waals surface area contributed by atoms with Crippen LogP contribution in [0.15, 0.2) is 51.7 Å². The predicted molar refractivity (Wildman–Crippen MR) is 180 cm³/mol. The van der Waals surface area contributed by atoms with Crippen LogP contribution in [0.25, 0.3) is 44.3 Å². The molecular weight excluding hydrogens is 586 g/mol. The average Bonchev–Trinajstić information content (AvgIpc) is 3.39. The van der Waals surface area contributed by atoms with E-state index in [0.29, 0.717) is 65.2 Å². The fourth-order valence-corrected chi connectivity index (χ4v) is 6.27. The Morgan fingerprint density at radius 1 is 0.804 bits per heavy atom. The van der Waals surface area contributed by atoms with Crippen molar-refractivity contribution in [3.63, 3.8) is 0 Å². The van der Waals surface area contributed by atoms with Gasteiger partial charge in [-0.25, -0.2) is 4.79 Å². The fourth-order valence-electron chi connectivity index (χ4n) is 6.27. The molecule has 0 unspecified atom stereocenters. The Balaban J connectivity index is 1.74. The Kier molecular flexibility index (Phi) is 8.51. The first-order valence-electron chi connectivity index (χ1n) is 15.8. The van der Waals surface area contributed by atoms with Gasteiger partial charge in [0.15, 0.2) is 34.5 Å². The maximum Gasteiger partial charge on any atom is 0.361 e. The molecule has 3 heterocycles. The third-order valence-corrected chi connectivity index (χ3v) is 8.08. The molecular formula is C37H41NO8. The van der Waals surface area contributed by atoms with Gasteiger partial charge in [0.2, 0.25) is 0 Å². The Morgan fingerprint density at radius 3 is 2.15 bits per heavy atom. The van der Waals surface area contributed by atoms with Crippen molar-refractivity contribution in [2.75, 3.05) is 27.9 Å². The number of aromatic nitrogens is 1. The smallest absolute Gasteiger partial charge is 0.361 e. The van der Waals surface area contributed by atoms with Crippen LogP contribution < -0.4 is 34.0 Å². The highest BCUT2D eigenvalue weighted by atomic mass is 16.5. The lowest BCUT2D eigenvalue weighted by molar-refractivity contribution is 0.230. The van der Waals surface area contributed by atoms with Crippen molar-refractivity contribution < 1.29 is 32.8 Å². The highest BCUT2D eigenvalue weighted by Gasteiger charge is 2.31. The van der Waals surface area contributed by atoms with E-state index in [9.17, 15) is 4.79 Å². The molecule has 0 atom stereocenters. The van der Waals surface area contributed by atoms with Crippen LogP contribution in [0.4, 0.5) is 0 Å². The van der Waals surface area contributed by atoms with Gasteiger partial charge in [0.1, 0.15) is 11.1 Å². The summed E-state index contributed by atoms with van der Waals surface area (Å²) >= 11 is 0. The molecule has 0 aliphatic carbocycles. The molecule has 5 aromatic rings. The number of aryl methyl sites for hydroxylation is 2. The lowest BCUT2D eigenvalue weighted by Crippen LogP contribution is -2.15. The van der Waals surface area contributed by atoms with Crippen molar-refractivity contribution in [3.05, 3.63) is 58.4 Å². The molecule has 9 nitrogen and oxygen atoms in total. The van der Waals surface area contributed by atoms with E-state index in [1.165, 1.54) is 0 Å². The normalized spacial score (nSPS) is 12.4. The van der Waals surface area contributed by atoms with Gasteiger partial charge in [0.25, 0.3) is 0 Å². The summed E-state index contributed by atoms with van der Waals surface area (Å²) in [6.45, 7) is 11.0. The highest BCUT2D eigenvalue weighted by Crippen LogP contribution is 2.50. The summed E-state index contributed by atoms with van der Waals surface area (Å²) in [6.07, 6.45) is 1.47. The molecule has 0 N–H and O–H groups in total. The Bertz CT molecular complexity index is 1980. The summed E-state index contributed by atoms with van der Waals surface area (Å²) in [7, 11) is 4.88. The maximum atomic E-state index is 13.9. The number of nitrogens with zero attached hydrogens (tertiary/aromatic N) is 1. The predicted octanol–water partition coefficient (Wildman–Crippen LogP) is 8.03. The van der Waals surface area contributed by atoms with Gasteiger partial charge in [0, 0.05) is 34.5 Å². The van der Waals surface area contributed by atoms with E-state index in [2.05, 4.69) is 10.6 Å². The van der Waals surface area contributed by atoms with Crippen molar-refractivity contribution in [2.24, 2.45) is 0 Å². The Hall–Kier alpha value is -4.79. The van der Waals surface area contributed by atoms with Gasteiger partial charge in [-0.2, -0.15) is 0 Å². The van der Waals surface area contributed by atoms with Crippen LogP contribution in [0.3, 0.4) is 0 Å². The molecule has 0 saturated carbocycles. The number of methoxy groups -OCH3 is 3. The van der Waals surface area contributed by atoms with E-state index in [4.69, 9.17) is 32.8 Å². The van der Waals surface area contributed by atoms with E-state index in [1.807, 2.05) is 65.0 Å². The van der Waals surface area contributed by atoms with E-state index in [0.717, 1.165) is 45.1 Å². The van der Waals surface area contributed by atoms with Gasteiger partial charge in [-0.05, 0) is 82.0 Å². The molecule has 0 radical (unpaired) electrons. The first kappa shape index (κ1) is 31.2. The maximum absolute atomic E-state index is 13.9. The summed E-state index contributed by atoms with van der Waals surface area (Å²) < 4.78 is 43.6. The van der Waals surface area contributed by atoms with Crippen molar-refractivity contribution in [2.45, 2.75) is 66.2 Å². The number of hydrogen-bond acceptors (Lipinski definition) is 8. The molecule has 0 bridgehead atoms. The van der Waals surface area contributed by atoms with E-state index >= 15 is 0 Å². The zero-order valence-electron chi connectivity index (χ0n) is 27.7. The van der Waals surface area contributed by atoms with Crippen LogP contribution in [-0.4, -0.2) is 44.7 Å². The molecule has 46 heavy (non-hydrogen) atoms. The molecule has 0 fully saturated rings. The third kappa shape index (κ3) is 5.37. The number of fused-ring (bicyclic) bond motifs is 7. The monoisotopic (exact) mass is 627 g/mol. The highest BCUT2D eigenvalue weighted by molar-refractivity contribution is 6.17. The van der Waals surface area contributed by atoms with Gasteiger partial charge in [-0.1, -0.05) is 13.0 Å². The number of benzene rings is 3. The topological polar surface area (TPSA) is 90.5 Å². The quantitative estimate of drug-likeness (QED) is 0.136. The zero-order chi connectivity index (χ0) is 32.7. The fraction of sp³-hybridized carbons (Fsp3) is 0.378. The SMILES string of the molecule is CCCOc1cc2oc(=O)c3c(c(-c4ccc(OC(C)C)c(OC)c4)c4n3CCc3cc(OC(C)C)c(OC)cc3-4)c2cc1OC. The molecule has 0 spiro atoms. The molecule has 3 aromatic carbocycles. The summed E-state index contributed by atoms with van der Waals surface area (Å²) in [5, 5.41) is 1.50. The molecule has 0 amide bonds. The standard InChI is InChI=1S/C37H41NO8/c1-9-14-43-31-19-27-25(18-29(31)41-7)34-33(23-10-11-26(44-20(2)3)28(16-23)40-6)35-24-17-30(42-8)32(45-21(4)5)15-22(24)12-13-38(35)36(34)37(39)46-27/h10-11,15-21H,9,12-14H2,1-8H3. The first-order chi connectivity index (χ1) is 22.2. The van der Waals surface area contributed by atoms with Crippen LogP contribution in [0, 0.1) is 0 Å². The van der Waals surface area contributed by atoms with Crippen LogP contribution in [0.5, 0.6) is 34.5 Å². The van der Waals surface area contributed by atoms with Gasteiger partial charge in [0.05, 0.1) is 45.8 Å². The Morgan fingerprint density at radius 2 is 1.48 bits per heavy atom. The van der Waals surface area contributed by atoms with Crippen LogP contribution in [0.2, 0.25) is 0 Å². The van der Waals surface area contributed by atoms with E-state index in [-0.39, 0.29) is 12.2 Å². The molecule has 242 valence electrons. The molecule has 2 aromatic heterocycles. The Labute approximate surface area is 268 Å². The first-order valence-corrected chi connectivity index (χ1v) is 15.8. The van der Waals surface area contributed by atoms with Crippen molar-refractivity contribution in [1.82, 2.24) is 4.57 Å². The molecule has 0 saturated heterocycles. The van der Waals surface area contributed by atoms with Crippen LogP contribution >= 0.6 is 0 Å². The minimum Gasteiger partial charge on any atom is -0.493 e. The molecule has 1 aliphatic heterocycles. The van der Waals surface area contributed by atoms with E-state index in [1.54, 1.807) is 27.4 Å². The third-order valence-electron chi connectivity index (χ3n) is 8.08. The summed E-state index contributed by atoms with van der Waals surface area (Å²) in [5.41, 5.74) is 5.13. The van der Waals surface area contributed by atoms with Gasteiger partial charge < -0.3 is 37.4 Å². The lowest BCUT2D eigenvalue weighted by Gasteiger charge is -2.24. The van der Waals surface area contributed by atoms with Crippen molar-refractivity contribution >= 4 is 21.9 Å². The minimum atomic E-state index is -0.427. The molecule has 9 heteroatoms. The van der Waals surface area contributed by atoms with Crippen molar-refractivity contribution in [3.8, 4) is 56.9 Å². The minimum absolute atomic E-state index is 0.0197. The lowest BCUT2D eigenvalue weighted by atomic mass is 9.91.